The Hall–Kier alpha value is -4.64. The Morgan fingerprint density at radius 2 is 1.44 bits per heavy atom. The first-order valence-corrected chi connectivity index (χ1v) is 12.0. The van der Waals surface area contributed by atoms with E-state index in [1.165, 1.54) is 5.56 Å². The van der Waals surface area contributed by atoms with E-state index in [2.05, 4.69) is 72.3 Å². The Bertz CT molecular complexity index is 1740. The van der Waals surface area contributed by atoms with E-state index < -0.39 is 0 Å². The molecular formula is C31H22N4O. The molecule has 0 unspecified atom stereocenters. The van der Waals surface area contributed by atoms with Crippen molar-refractivity contribution in [3.8, 4) is 45.5 Å². The minimum absolute atomic E-state index is 0.211. The van der Waals surface area contributed by atoms with Crippen molar-refractivity contribution < 1.29 is 4.42 Å². The number of fused-ring (bicyclic) bond motifs is 4. The average molecular weight is 467 g/mol. The van der Waals surface area contributed by atoms with Crippen LogP contribution in [-0.4, -0.2) is 19.9 Å². The summed E-state index contributed by atoms with van der Waals surface area (Å²) in [5, 5.41) is 0. The quantitative estimate of drug-likeness (QED) is 0.273. The number of hydrogen-bond acceptors (Lipinski definition) is 5. The van der Waals surface area contributed by atoms with Crippen molar-refractivity contribution in [3.05, 3.63) is 108 Å². The average Bonchev–Trinajstić information content (AvgIpc) is 3.46. The molecule has 0 saturated carbocycles. The Balaban J connectivity index is 1.45. The monoisotopic (exact) mass is 466 g/mol. The Morgan fingerprint density at radius 3 is 2.31 bits per heavy atom. The van der Waals surface area contributed by atoms with E-state index in [1.807, 2.05) is 42.5 Å². The second-order valence-corrected chi connectivity index (χ2v) is 9.57. The summed E-state index contributed by atoms with van der Waals surface area (Å²) in [5.41, 5.74) is 9.45. The molecule has 0 atom stereocenters. The maximum absolute atomic E-state index is 5.97. The third-order valence-electron chi connectivity index (χ3n) is 6.97. The molecule has 5 heteroatoms. The number of aromatic nitrogens is 4. The molecule has 0 radical (unpaired) electrons. The van der Waals surface area contributed by atoms with Gasteiger partial charge in [0, 0.05) is 33.9 Å². The van der Waals surface area contributed by atoms with Gasteiger partial charge in [-0.05, 0) is 29.8 Å². The molecule has 0 N–H and O–H groups in total. The molecule has 0 bridgehead atoms. The van der Waals surface area contributed by atoms with Crippen LogP contribution in [0.4, 0.5) is 0 Å². The highest BCUT2D eigenvalue weighted by atomic mass is 16.3. The van der Waals surface area contributed by atoms with E-state index in [0.29, 0.717) is 17.4 Å². The second kappa shape index (κ2) is 7.68. The van der Waals surface area contributed by atoms with Crippen LogP contribution in [0.15, 0.2) is 102 Å². The Morgan fingerprint density at radius 1 is 0.694 bits per heavy atom. The molecule has 7 rings (SSSR count). The van der Waals surface area contributed by atoms with Gasteiger partial charge in [-0.25, -0.2) is 15.0 Å². The van der Waals surface area contributed by atoms with Gasteiger partial charge in [0.05, 0.1) is 11.4 Å². The number of pyridine rings is 1. The minimum Gasteiger partial charge on any atom is -0.435 e. The first-order chi connectivity index (χ1) is 17.6. The molecule has 36 heavy (non-hydrogen) atoms. The molecule has 0 amide bonds. The van der Waals surface area contributed by atoms with E-state index in [4.69, 9.17) is 14.4 Å². The highest BCUT2D eigenvalue weighted by molar-refractivity contribution is 5.86. The van der Waals surface area contributed by atoms with Gasteiger partial charge in [0.1, 0.15) is 11.2 Å². The fourth-order valence-corrected chi connectivity index (χ4v) is 5.22. The fraction of sp³-hybridized carbons (Fsp3) is 0.0968. The van der Waals surface area contributed by atoms with Gasteiger partial charge in [-0.1, -0.05) is 80.6 Å². The second-order valence-electron chi connectivity index (χ2n) is 9.57. The van der Waals surface area contributed by atoms with Crippen LogP contribution in [0.2, 0.25) is 0 Å². The SMILES string of the molecule is CC1(C)c2ccccc2-c2nc(-c3ccnc(-c4nc5ccccc5o4)c3)nc(-c3ccccc3)c21. The van der Waals surface area contributed by atoms with Gasteiger partial charge in [0.15, 0.2) is 11.4 Å². The summed E-state index contributed by atoms with van der Waals surface area (Å²) >= 11 is 0. The predicted octanol–water partition coefficient (Wildman–Crippen LogP) is 7.32. The molecule has 172 valence electrons. The molecule has 1 aliphatic rings. The molecule has 3 aromatic heterocycles. The van der Waals surface area contributed by atoms with Gasteiger partial charge < -0.3 is 4.42 Å². The van der Waals surface area contributed by atoms with Gasteiger partial charge in [-0.2, -0.15) is 0 Å². The predicted molar refractivity (Wildman–Crippen MR) is 141 cm³/mol. The van der Waals surface area contributed by atoms with Gasteiger partial charge in [-0.3, -0.25) is 4.98 Å². The van der Waals surface area contributed by atoms with Crippen LogP contribution in [0.25, 0.3) is 56.6 Å². The smallest absolute Gasteiger partial charge is 0.246 e. The van der Waals surface area contributed by atoms with E-state index in [0.717, 1.165) is 44.7 Å². The Kier molecular flexibility index (Phi) is 4.42. The number of hydrogen-bond donors (Lipinski definition) is 0. The van der Waals surface area contributed by atoms with Crippen LogP contribution >= 0.6 is 0 Å². The van der Waals surface area contributed by atoms with Crippen molar-refractivity contribution in [3.63, 3.8) is 0 Å². The number of para-hydroxylation sites is 2. The zero-order valence-corrected chi connectivity index (χ0v) is 19.9. The van der Waals surface area contributed by atoms with E-state index in [9.17, 15) is 0 Å². The van der Waals surface area contributed by atoms with Crippen molar-refractivity contribution >= 4 is 11.1 Å². The number of rotatable bonds is 3. The zero-order chi connectivity index (χ0) is 24.3. The maximum Gasteiger partial charge on any atom is 0.246 e. The van der Waals surface area contributed by atoms with Crippen LogP contribution in [0, 0.1) is 0 Å². The molecule has 3 heterocycles. The topological polar surface area (TPSA) is 64.7 Å². The van der Waals surface area contributed by atoms with E-state index in [1.54, 1.807) is 6.20 Å². The van der Waals surface area contributed by atoms with Gasteiger partial charge in [0.2, 0.25) is 5.89 Å². The summed E-state index contributed by atoms with van der Waals surface area (Å²) in [7, 11) is 0. The summed E-state index contributed by atoms with van der Waals surface area (Å²) in [6.07, 6.45) is 1.76. The number of nitrogens with zero attached hydrogens (tertiary/aromatic N) is 4. The highest BCUT2D eigenvalue weighted by Gasteiger charge is 2.39. The summed E-state index contributed by atoms with van der Waals surface area (Å²) in [6, 6.07) is 30.5. The molecule has 5 nitrogen and oxygen atoms in total. The van der Waals surface area contributed by atoms with Crippen LogP contribution in [0.3, 0.4) is 0 Å². The third kappa shape index (κ3) is 3.09. The lowest BCUT2D eigenvalue weighted by Crippen LogP contribution is -2.17. The van der Waals surface area contributed by atoms with Gasteiger partial charge in [-0.15, -0.1) is 0 Å². The van der Waals surface area contributed by atoms with Crippen molar-refractivity contribution in [1.29, 1.82) is 0 Å². The first-order valence-electron chi connectivity index (χ1n) is 12.0. The molecule has 0 spiro atoms. The van der Waals surface area contributed by atoms with Crippen molar-refractivity contribution in [2.45, 2.75) is 19.3 Å². The van der Waals surface area contributed by atoms with Crippen LogP contribution in [0.5, 0.6) is 0 Å². The first kappa shape index (κ1) is 20.7. The van der Waals surface area contributed by atoms with E-state index >= 15 is 0 Å². The highest BCUT2D eigenvalue weighted by Crippen LogP contribution is 2.51. The molecule has 0 fully saturated rings. The normalized spacial score (nSPS) is 13.5. The molecule has 0 aliphatic heterocycles. The number of benzene rings is 3. The lowest BCUT2D eigenvalue weighted by molar-refractivity contribution is 0.617. The summed E-state index contributed by atoms with van der Waals surface area (Å²) < 4.78 is 5.97. The molecular weight excluding hydrogens is 444 g/mol. The minimum atomic E-state index is -0.211. The van der Waals surface area contributed by atoms with Crippen molar-refractivity contribution in [2.24, 2.45) is 0 Å². The lowest BCUT2D eigenvalue weighted by Gasteiger charge is -2.23. The lowest BCUT2D eigenvalue weighted by atomic mass is 9.81. The summed E-state index contributed by atoms with van der Waals surface area (Å²) in [6.45, 7) is 4.51. The maximum atomic E-state index is 5.97. The van der Waals surface area contributed by atoms with Gasteiger partial charge >= 0.3 is 0 Å². The van der Waals surface area contributed by atoms with Crippen molar-refractivity contribution in [2.75, 3.05) is 0 Å². The zero-order valence-electron chi connectivity index (χ0n) is 19.9. The fourth-order valence-electron chi connectivity index (χ4n) is 5.22. The Labute approximate surface area is 208 Å². The third-order valence-corrected chi connectivity index (χ3v) is 6.97. The van der Waals surface area contributed by atoms with Crippen molar-refractivity contribution in [1.82, 2.24) is 19.9 Å². The molecule has 1 aliphatic carbocycles. The van der Waals surface area contributed by atoms with Crippen LogP contribution in [-0.2, 0) is 5.41 Å². The van der Waals surface area contributed by atoms with Gasteiger partial charge in [0.25, 0.3) is 0 Å². The largest absolute Gasteiger partial charge is 0.435 e. The van der Waals surface area contributed by atoms with Crippen LogP contribution in [0.1, 0.15) is 25.0 Å². The number of oxazole rings is 1. The molecule has 0 saturated heterocycles. The summed E-state index contributed by atoms with van der Waals surface area (Å²) in [4.78, 5) is 19.4. The standard InChI is InChI=1S/C31H22N4O/c1-31(2)22-13-7-6-12-21(22)28-26(31)27(19-10-4-3-5-11-19)34-29(35-28)20-16-17-32-24(18-20)30-33-23-14-8-9-15-25(23)36-30/h3-18H,1-2H3. The summed E-state index contributed by atoms with van der Waals surface area (Å²) in [5.74, 6) is 1.13. The van der Waals surface area contributed by atoms with Crippen LogP contribution < -0.4 is 0 Å². The molecule has 6 aromatic rings. The van der Waals surface area contributed by atoms with E-state index in [-0.39, 0.29) is 5.41 Å². The molecule has 3 aromatic carbocycles.